The summed E-state index contributed by atoms with van der Waals surface area (Å²) in [5.74, 6) is 1.73. The summed E-state index contributed by atoms with van der Waals surface area (Å²) in [7, 11) is 0. The fourth-order valence-electron chi connectivity index (χ4n) is 0.819. The Kier molecular flexibility index (Phi) is 3.76. The van der Waals surface area contributed by atoms with Crippen molar-refractivity contribution in [3.05, 3.63) is 28.5 Å². The van der Waals surface area contributed by atoms with Crippen molar-refractivity contribution in [2.75, 3.05) is 0 Å². The monoisotopic (exact) mass is 298 g/mol. The Morgan fingerprint density at radius 1 is 1.50 bits per heavy atom. The first-order valence-corrected chi connectivity index (χ1v) is 4.69. The number of hydrogen-bond acceptors (Lipinski definition) is 3. The van der Waals surface area contributed by atoms with Crippen LogP contribution in [0.4, 0.5) is 13.2 Å². The lowest BCUT2D eigenvalue weighted by Gasteiger charge is -2.15. The van der Waals surface area contributed by atoms with Crippen LogP contribution in [0.1, 0.15) is 0 Å². The Bertz CT molecular complexity index is 414. The van der Waals surface area contributed by atoms with Gasteiger partial charge in [0.1, 0.15) is 11.6 Å². The maximum atomic E-state index is 12.9. The number of nitrogens with one attached hydrogen (secondary N) is 1. The highest BCUT2D eigenvalue weighted by atomic mass is 79.9. The van der Waals surface area contributed by atoms with Gasteiger partial charge in [-0.15, -0.1) is 0 Å². The van der Waals surface area contributed by atoms with E-state index in [2.05, 4.69) is 26.5 Å². The van der Waals surface area contributed by atoms with Crippen molar-refractivity contribution in [3.8, 4) is 5.75 Å². The molecule has 1 aromatic rings. The largest absolute Gasteiger partial charge is 0.483 e. The van der Waals surface area contributed by atoms with Gasteiger partial charge >= 0.3 is 12.0 Å². The van der Waals surface area contributed by atoms with Crippen molar-refractivity contribution in [1.29, 1.82) is 0 Å². The smallest absolute Gasteiger partial charge is 0.425 e. The van der Waals surface area contributed by atoms with Gasteiger partial charge in [0.2, 0.25) is 0 Å². The molecule has 16 heavy (non-hydrogen) atoms. The molecule has 0 unspecified atom stereocenters. The molecule has 0 aliphatic heterocycles. The van der Waals surface area contributed by atoms with E-state index >= 15 is 0 Å². The van der Waals surface area contributed by atoms with E-state index in [-0.39, 0.29) is 10.2 Å². The van der Waals surface area contributed by atoms with Gasteiger partial charge in [0, 0.05) is 0 Å². The summed E-state index contributed by atoms with van der Waals surface area (Å²) >= 11 is 2.78. The molecule has 0 atom stereocenters. The van der Waals surface area contributed by atoms with Gasteiger partial charge in [-0.3, -0.25) is 10.2 Å². The van der Waals surface area contributed by atoms with Gasteiger partial charge in [-0.05, 0) is 34.1 Å². The molecule has 0 saturated carbocycles. The van der Waals surface area contributed by atoms with Gasteiger partial charge in [-0.1, -0.05) is 0 Å². The van der Waals surface area contributed by atoms with Crippen LogP contribution in [0.25, 0.3) is 0 Å². The fourth-order valence-corrected chi connectivity index (χ4v) is 1.18. The quantitative estimate of drug-likeness (QED) is 0.505. The van der Waals surface area contributed by atoms with Gasteiger partial charge in [0.05, 0.1) is 4.47 Å². The lowest BCUT2D eigenvalue weighted by molar-refractivity contribution is -0.192. The fraction of sp³-hybridized carbons (Fsp3) is 0.125. The molecule has 1 amide bonds. The maximum Gasteiger partial charge on any atom is 0.483 e. The van der Waals surface area contributed by atoms with Crippen LogP contribution in [-0.4, -0.2) is 12.0 Å². The standard InChI is InChI=1S/C8H6BrF3N2O2/c9-5-3-4(1-2-6(5)10)16-8(11,12)7(15)14-13/h1-3H,13H2,(H,14,15). The third-order valence-electron chi connectivity index (χ3n) is 1.53. The molecule has 0 saturated heterocycles. The van der Waals surface area contributed by atoms with Crippen molar-refractivity contribution in [3.63, 3.8) is 0 Å². The summed E-state index contributed by atoms with van der Waals surface area (Å²) in [5.41, 5.74) is 1.25. The van der Waals surface area contributed by atoms with Crippen LogP contribution in [0.5, 0.6) is 5.75 Å². The van der Waals surface area contributed by atoms with E-state index in [1.165, 1.54) is 5.43 Å². The molecule has 0 heterocycles. The van der Waals surface area contributed by atoms with Crippen LogP contribution in [0, 0.1) is 5.82 Å². The molecule has 0 aliphatic rings. The minimum atomic E-state index is -4.12. The second-order valence-corrected chi connectivity index (χ2v) is 3.52. The number of hydrogen-bond donors (Lipinski definition) is 2. The van der Waals surface area contributed by atoms with Crippen molar-refractivity contribution in [2.24, 2.45) is 5.84 Å². The van der Waals surface area contributed by atoms with Crippen LogP contribution in [0.2, 0.25) is 0 Å². The normalized spacial score (nSPS) is 11.1. The minimum Gasteiger partial charge on any atom is -0.425 e. The van der Waals surface area contributed by atoms with Gasteiger partial charge < -0.3 is 4.74 Å². The summed E-state index contributed by atoms with van der Waals surface area (Å²) < 4.78 is 42.6. The SMILES string of the molecule is NNC(=O)C(F)(F)Oc1ccc(F)c(Br)c1. The van der Waals surface area contributed by atoms with Gasteiger partial charge in [-0.2, -0.15) is 8.78 Å². The van der Waals surface area contributed by atoms with E-state index in [1.807, 2.05) is 0 Å². The number of nitrogens with two attached hydrogens (primary N) is 1. The lowest BCUT2D eigenvalue weighted by Crippen LogP contribution is -2.47. The molecule has 0 bridgehead atoms. The zero-order chi connectivity index (χ0) is 12.3. The third kappa shape index (κ3) is 2.86. The first kappa shape index (κ1) is 12.8. The molecule has 8 heteroatoms. The predicted octanol–water partition coefficient (Wildman–Crippen LogP) is 1.55. The number of amides is 1. The number of carbonyl (C=O) groups is 1. The van der Waals surface area contributed by atoms with E-state index < -0.39 is 17.8 Å². The van der Waals surface area contributed by atoms with Crippen molar-refractivity contribution in [1.82, 2.24) is 5.43 Å². The minimum absolute atomic E-state index is 0.0612. The summed E-state index contributed by atoms with van der Waals surface area (Å²) in [6.45, 7) is 0. The van der Waals surface area contributed by atoms with Gasteiger partial charge in [0.15, 0.2) is 0 Å². The van der Waals surface area contributed by atoms with Gasteiger partial charge in [-0.25, -0.2) is 10.2 Å². The average Bonchev–Trinajstić information content (AvgIpc) is 2.22. The Morgan fingerprint density at radius 2 is 2.12 bits per heavy atom. The predicted molar refractivity (Wildman–Crippen MR) is 52.0 cm³/mol. The summed E-state index contributed by atoms with van der Waals surface area (Å²) in [5, 5.41) is 0. The summed E-state index contributed by atoms with van der Waals surface area (Å²) in [6.07, 6.45) is -4.12. The first-order chi connectivity index (χ1) is 7.36. The maximum absolute atomic E-state index is 12.9. The molecule has 4 nitrogen and oxygen atoms in total. The zero-order valence-electron chi connectivity index (χ0n) is 7.64. The molecule has 0 fully saturated rings. The van der Waals surface area contributed by atoms with Crippen LogP contribution < -0.4 is 16.0 Å². The molecule has 0 aliphatic carbocycles. The highest BCUT2D eigenvalue weighted by Crippen LogP contribution is 2.26. The topological polar surface area (TPSA) is 64.3 Å². The molecule has 1 rings (SSSR count). The van der Waals surface area contributed by atoms with Gasteiger partial charge in [0.25, 0.3) is 0 Å². The zero-order valence-corrected chi connectivity index (χ0v) is 9.22. The molecule has 1 aromatic carbocycles. The second-order valence-electron chi connectivity index (χ2n) is 2.67. The summed E-state index contributed by atoms with van der Waals surface area (Å²) in [6, 6.07) is 2.83. The Hall–Kier alpha value is -1.28. The van der Waals surface area contributed by atoms with Crippen LogP contribution >= 0.6 is 15.9 Å². The van der Waals surface area contributed by atoms with E-state index in [1.54, 1.807) is 0 Å². The van der Waals surface area contributed by atoms with E-state index in [0.717, 1.165) is 18.2 Å². The molecule has 88 valence electrons. The van der Waals surface area contributed by atoms with E-state index in [4.69, 9.17) is 0 Å². The molecule has 0 aromatic heterocycles. The Labute approximate surface area is 96.7 Å². The molecular weight excluding hydrogens is 293 g/mol. The molecule has 3 N–H and O–H groups in total. The number of alkyl halides is 2. The molecule has 0 radical (unpaired) electrons. The number of ether oxygens (including phenoxy) is 1. The number of halogens is 4. The number of carbonyl (C=O) groups excluding carboxylic acids is 1. The van der Waals surface area contributed by atoms with Crippen molar-refractivity contribution in [2.45, 2.75) is 6.11 Å². The third-order valence-corrected chi connectivity index (χ3v) is 2.14. The van der Waals surface area contributed by atoms with Crippen LogP contribution in [0.3, 0.4) is 0 Å². The highest BCUT2D eigenvalue weighted by Gasteiger charge is 2.41. The number of benzene rings is 1. The van der Waals surface area contributed by atoms with E-state index in [9.17, 15) is 18.0 Å². The van der Waals surface area contributed by atoms with E-state index in [0.29, 0.717) is 0 Å². The highest BCUT2D eigenvalue weighted by molar-refractivity contribution is 9.10. The second kappa shape index (κ2) is 4.71. The first-order valence-electron chi connectivity index (χ1n) is 3.90. The number of hydrazine groups is 1. The molecular formula is C8H6BrF3N2O2. The number of rotatable bonds is 3. The van der Waals surface area contributed by atoms with Crippen LogP contribution in [-0.2, 0) is 4.79 Å². The lowest BCUT2D eigenvalue weighted by atomic mass is 10.3. The average molecular weight is 299 g/mol. The molecule has 0 spiro atoms. The van der Waals surface area contributed by atoms with Crippen molar-refractivity contribution >= 4 is 21.8 Å². The van der Waals surface area contributed by atoms with Crippen molar-refractivity contribution < 1.29 is 22.7 Å². The Morgan fingerprint density at radius 3 is 2.62 bits per heavy atom. The summed E-state index contributed by atoms with van der Waals surface area (Å²) in [4.78, 5) is 10.6. The Balaban J connectivity index is 2.88. The van der Waals surface area contributed by atoms with Crippen LogP contribution in [0.15, 0.2) is 22.7 Å².